The molecule has 1 aliphatic heterocycles. The van der Waals surface area contributed by atoms with Crippen LogP contribution >= 0.6 is 27.3 Å². The number of aryl methyl sites for hydroxylation is 2. The van der Waals surface area contributed by atoms with Crippen molar-refractivity contribution >= 4 is 49.8 Å². The molecule has 0 aliphatic carbocycles. The number of hydrogen-bond donors (Lipinski definition) is 1. The van der Waals surface area contributed by atoms with Gasteiger partial charge >= 0.3 is 0 Å². The molecule has 1 unspecified atom stereocenters. The van der Waals surface area contributed by atoms with Gasteiger partial charge < -0.3 is 10.1 Å². The Morgan fingerprint density at radius 2 is 2.23 bits per heavy atom. The van der Waals surface area contributed by atoms with Gasteiger partial charge in [0.25, 0.3) is 5.91 Å². The topological polar surface area (TPSA) is 69.0 Å². The molecule has 6 nitrogen and oxygen atoms in total. The van der Waals surface area contributed by atoms with Crippen LogP contribution in [-0.4, -0.2) is 27.3 Å². The van der Waals surface area contributed by atoms with Crippen LogP contribution < -0.4 is 5.32 Å². The number of hydrogen-bond acceptors (Lipinski definition) is 5. The molecule has 1 aromatic carbocycles. The second-order valence-corrected chi connectivity index (χ2v) is 8.74. The summed E-state index contributed by atoms with van der Waals surface area (Å²) in [7, 11) is 0. The quantitative estimate of drug-likeness (QED) is 0.640. The highest BCUT2D eigenvalue weighted by Crippen LogP contribution is 2.34. The molecule has 1 aliphatic rings. The number of fused-ring (bicyclic) bond motifs is 1. The Bertz CT molecular complexity index is 975. The molecule has 1 N–H and O–H groups in total. The SMILES string of the molecule is Cc1ccc2c(c(C)nn2C2CCCCO2)c1NC(=O)c1cnc(Br)s1. The number of amides is 1. The van der Waals surface area contributed by atoms with Crippen molar-refractivity contribution in [2.45, 2.75) is 39.3 Å². The van der Waals surface area contributed by atoms with Crippen LogP contribution in [0.15, 0.2) is 22.2 Å². The van der Waals surface area contributed by atoms with Gasteiger partial charge in [-0.1, -0.05) is 6.07 Å². The number of ether oxygens (including phenoxy) is 1. The smallest absolute Gasteiger partial charge is 0.267 e. The Kier molecular flexibility index (Phi) is 4.81. The van der Waals surface area contributed by atoms with Gasteiger partial charge in [-0.05, 0) is 60.7 Å². The lowest BCUT2D eigenvalue weighted by Crippen LogP contribution is -2.19. The molecule has 1 amide bonds. The molecule has 1 saturated heterocycles. The van der Waals surface area contributed by atoms with Crippen LogP contribution in [0.4, 0.5) is 5.69 Å². The van der Waals surface area contributed by atoms with Crippen molar-refractivity contribution in [1.29, 1.82) is 0 Å². The van der Waals surface area contributed by atoms with Gasteiger partial charge in [-0.15, -0.1) is 11.3 Å². The van der Waals surface area contributed by atoms with Crippen molar-refractivity contribution in [2.75, 3.05) is 11.9 Å². The Balaban J connectivity index is 1.75. The van der Waals surface area contributed by atoms with E-state index in [2.05, 4.69) is 32.3 Å². The van der Waals surface area contributed by atoms with Gasteiger partial charge in [-0.25, -0.2) is 9.67 Å². The average molecular weight is 435 g/mol. The fourth-order valence-electron chi connectivity index (χ4n) is 3.35. The fourth-order valence-corrected chi connectivity index (χ4v) is 4.51. The molecule has 2 aromatic heterocycles. The molecule has 3 heterocycles. The highest BCUT2D eigenvalue weighted by atomic mass is 79.9. The molecule has 8 heteroatoms. The van der Waals surface area contributed by atoms with Crippen LogP contribution in [-0.2, 0) is 4.74 Å². The minimum Gasteiger partial charge on any atom is -0.356 e. The second kappa shape index (κ2) is 7.09. The number of rotatable bonds is 3. The van der Waals surface area contributed by atoms with Crippen molar-refractivity contribution in [3.63, 3.8) is 0 Å². The molecule has 26 heavy (non-hydrogen) atoms. The summed E-state index contributed by atoms with van der Waals surface area (Å²) < 4.78 is 8.56. The molecule has 0 spiro atoms. The maximum Gasteiger partial charge on any atom is 0.267 e. The van der Waals surface area contributed by atoms with Crippen LogP contribution in [0, 0.1) is 13.8 Å². The normalized spacial score (nSPS) is 17.6. The second-order valence-electron chi connectivity index (χ2n) is 6.43. The van der Waals surface area contributed by atoms with Crippen molar-refractivity contribution < 1.29 is 9.53 Å². The highest BCUT2D eigenvalue weighted by Gasteiger charge is 2.23. The number of nitrogens with one attached hydrogen (secondary N) is 1. The third-order valence-corrected chi connectivity index (χ3v) is 6.10. The summed E-state index contributed by atoms with van der Waals surface area (Å²) in [6.07, 6.45) is 4.73. The lowest BCUT2D eigenvalue weighted by atomic mass is 10.1. The molecule has 136 valence electrons. The zero-order valence-electron chi connectivity index (χ0n) is 14.6. The van der Waals surface area contributed by atoms with Crippen LogP contribution in [0.2, 0.25) is 0 Å². The van der Waals surface area contributed by atoms with E-state index in [0.29, 0.717) is 8.79 Å². The summed E-state index contributed by atoms with van der Waals surface area (Å²) in [6, 6.07) is 4.07. The van der Waals surface area contributed by atoms with Crippen molar-refractivity contribution in [3.8, 4) is 0 Å². The Morgan fingerprint density at radius 3 is 2.92 bits per heavy atom. The molecular weight excluding hydrogens is 416 g/mol. The lowest BCUT2D eigenvalue weighted by molar-refractivity contribution is -0.0368. The molecular formula is C18H19BrN4O2S. The first-order valence-electron chi connectivity index (χ1n) is 8.57. The molecule has 3 aromatic rings. The first-order chi connectivity index (χ1) is 12.5. The molecule has 0 bridgehead atoms. The lowest BCUT2D eigenvalue weighted by Gasteiger charge is -2.23. The predicted octanol–water partition coefficient (Wildman–Crippen LogP) is 4.82. The summed E-state index contributed by atoms with van der Waals surface area (Å²) in [6.45, 7) is 4.73. The van der Waals surface area contributed by atoms with Crippen LogP contribution in [0.5, 0.6) is 0 Å². The van der Waals surface area contributed by atoms with E-state index < -0.39 is 0 Å². The molecule has 0 radical (unpaired) electrons. The van der Waals surface area contributed by atoms with E-state index in [4.69, 9.17) is 9.84 Å². The third-order valence-electron chi connectivity index (χ3n) is 4.63. The maximum atomic E-state index is 12.6. The van der Waals surface area contributed by atoms with Gasteiger partial charge in [0.2, 0.25) is 0 Å². The molecule has 4 rings (SSSR count). The van der Waals surface area contributed by atoms with Crippen LogP contribution in [0.25, 0.3) is 10.9 Å². The summed E-state index contributed by atoms with van der Waals surface area (Å²) >= 11 is 4.61. The highest BCUT2D eigenvalue weighted by molar-refractivity contribution is 9.11. The number of carbonyl (C=O) groups excluding carboxylic acids is 1. The monoisotopic (exact) mass is 434 g/mol. The number of anilines is 1. The number of benzene rings is 1. The summed E-state index contributed by atoms with van der Waals surface area (Å²) in [4.78, 5) is 17.3. The standard InChI is InChI=1S/C18H19BrN4O2S/c1-10-6-7-12-15(11(2)22-23(12)14-5-3-4-8-25-14)16(10)21-17(24)13-9-20-18(19)26-13/h6-7,9,14H,3-5,8H2,1-2H3,(H,21,24). The van der Waals surface area contributed by atoms with E-state index in [1.165, 1.54) is 11.3 Å². The van der Waals surface area contributed by atoms with E-state index in [0.717, 1.165) is 53.7 Å². The summed E-state index contributed by atoms with van der Waals surface area (Å²) in [5.74, 6) is -0.162. The predicted molar refractivity (Wildman–Crippen MR) is 106 cm³/mol. The van der Waals surface area contributed by atoms with Crippen molar-refractivity contribution in [2.24, 2.45) is 0 Å². The number of thiazole rings is 1. The third kappa shape index (κ3) is 3.17. The van der Waals surface area contributed by atoms with E-state index in [1.54, 1.807) is 6.20 Å². The first-order valence-corrected chi connectivity index (χ1v) is 10.2. The van der Waals surface area contributed by atoms with Gasteiger partial charge in [0.15, 0.2) is 10.1 Å². The van der Waals surface area contributed by atoms with Gasteiger partial charge in [0, 0.05) is 12.0 Å². The van der Waals surface area contributed by atoms with Gasteiger partial charge in [-0.2, -0.15) is 5.10 Å². The minimum absolute atomic E-state index is 0.0383. The minimum atomic E-state index is -0.162. The van der Waals surface area contributed by atoms with Crippen molar-refractivity contribution in [1.82, 2.24) is 14.8 Å². The zero-order valence-corrected chi connectivity index (χ0v) is 17.0. The van der Waals surface area contributed by atoms with Gasteiger partial charge in [0.1, 0.15) is 4.88 Å². The number of halogens is 1. The number of nitrogens with zero attached hydrogens (tertiary/aromatic N) is 3. The summed E-state index contributed by atoms with van der Waals surface area (Å²) in [5, 5.41) is 8.75. The maximum absolute atomic E-state index is 12.6. The zero-order chi connectivity index (χ0) is 18.3. The molecule has 0 saturated carbocycles. The van der Waals surface area contributed by atoms with Gasteiger partial charge in [0.05, 0.1) is 23.1 Å². The van der Waals surface area contributed by atoms with Crippen LogP contribution in [0.1, 0.15) is 46.4 Å². The van der Waals surface area contributed by atoms with E-state index in [-0.39, 0.29) is 12.1 Å². The molecule has 1 atom stereocenters. The largest absolute Gasteiger partial charge is 0.356 e. The molecule has 1 fully saturated rings. The summed E-state index contributed by atoms with van der Waals surface area (Å²) in [5.41, 5.74) is 3.68. The Labute approximate surface area is 163 Å². The fraction of sp³-hybridized carbons (Fsp3) is 0.389. The van der Waals surface area contributed by atoms with Crippen molar-refractivity contribution in [3.05, 3.63) is 38.4 Å². The van der Waals surface area contributed by atoms with E-state index >= 15 is 0 Å². The Morgan fingerprint density at radius 1 is 1.38 bits per heavy atom. The average Bonchev–Trinajstić information content (AvgIpc) is 3.22. The van der Waals surface area contributed by atoms with Gasteiger partial charge in [-0.3, -0.25) is 4.79 Å². The number of aromatic nitrogens is 3. The van der Waals surface area contributed by atoms with E-state index in [1.807, 2.05) is 24.6 Å². The number of carbonyl (C=O) groups is 1. The van der Waals surface area contributed by atoms with Crippen LogP contribution in [0.3, 0.4) is 0 Å². The van der Waals surface area contributed by atoms with E-state index in [9.17, 15) is 4.79 Å². The Hall–Kier alpha value is -1.77. The first kappa shape index (κ1) is 17.6.